The maximum absolute atomic E-state index is 10.3. The van der Waals surface area contributed by atoms with E-state index in [2.05, 4.69) is 5.10 Å². The van der Waals surface area contributed by atoms with Gasteiger partial charge in [0.15, 0.2) is 0 Å². The first-order valence-electron chi connectivity index (χ1n) is 5.09. The summed E-state index contributed by atoms with van der Waals surface area (Å²) in [6.07, 6.45) is 1.54. The second-order valence-corrected chi connectivity index (χ2v) is 3.42. The molecule has 0 atom stereocenters. The summed E-state index contributed by atoms with van der Waals surface area (Å²) in [4.78, 5) is 10.3. The number of hydrazone groups is 1. The van der Waals surface area contributed by atoms with Crippen LogP contribution in [-0.2, 0) is 4.79 Å². The summed E-state index contributed by atoms with van der Waals surface area (Å²) in [6.45, 7) is 1.74. The van der Waals surface area contributed by atoms with E-state index in [1.165, 1.54) is 6.21 Å². The molecular formula is C12H12N2O2. The van der Waals surface area contributed by atoms with Gasteiger partial charge in [0.2, 0.25) is 0 Å². The first-order chi connectivity index (χ1) is 7.88. The van der Waals surface area contributed by atoms with Crippen LogP contribution in [0.3, 0.4) is 0 Å². The number of hydrogen-bond donors (Lipinski definition) is 0. The van der Waals surface area contributed by atoms with E-state index in [1.807, 2.05) is 36.3 Å². The van der Waals surface area contributed by atoms with Crippen molar-refractivity contribution < 1.29 is 9.53 Å². The molecule has 0 spiro atoms. The fourth-order valence-electron chi connectivity index (χ4n) is 1.41. The molecule has 82 valence electrons. The SMILES string of the molecule is O=C=C1C=NN(CCOc2ccccc2)C1. The van der Waals surface area contributed by atoms with Crippen LogP contribution in [0.15, 0.2) is 41.0 Å². The molecule has 0 saturated carbocycles. The molecule has 1 aromatic carbocycles. The fourth-order valence-corrected chi connectivity index (χ4v) is 1.41. The van der Waals surface area contributed by atoms with E-state index in [0.717, 1.165) is 5.75 Å². The van der Waals surface area contributed by atoms with Crippen LogP contribution in [0.2, 0.25) is 0 Å². The van der Waals surface area contributed by atoms with Crippen LogP contribution in [0, 0.1) is 0 Å². The van der Waals surface area contributed by atoms with Crippen LogP contribution < -0.4 is 4.74 Å². The molecule has 16 heavy (non-hydrogen) atoms. The van der Waals surface area contributed by atoms with Crippen molar-refractivity contribution >= 4 is 12.2 Å². The van der Waals surface area contributed by atoms with Crippen molar-refractivity contribution in [3.8, 4) is 5.75 Å². The predicted octanol–water partition coefficient (Wildman–Crippen LogP) is 1.12. The Morgan fingerprint density at radius 1 is 1.38 bits per heavy atom. The fraction of sp³-hybridized carbons (Fsp3) is 0.250. The molecule has 0 fully saturated rings. The lowest BCUT2D eigenvalue weighted by Crippen LogP contribution is -2.21. The second-order valence-electron chi connectivity index (χ2n) is 3.42. The van der Waals surface area contributed by atoms with Gasteiger partial charge in [-0.25, -0.2) is 4.79 Å². The monoisotopic (exact) mass is 216 g/mol. The van der Waals surface area contributed by atoms with Crippen molar-refractivity contribution in [2.75, 3.05) is 19.7 Å². The van der Waals surface area contributed by atoms with Gasteiger partial charge in [0.05, 0.1) is 24.9 Å². The minimum Gasteiger partial charge on any atom is -0.492 e. The summed E-state index contributed by atoms with van der Waals surface area (Å²) in [6, 6.07) is 9.61. The van der Waals surface area contributed by atoms with Crippen LogP contribution in [0.4, 0.5) is 0 Å². The van der Waals surface area contributed by atoms with E-state index in [1.54, 1.807) is 5.01 Å². The smallest absolute Gasteiger partial charge is 0.131 e. The van der Waals surface area contributed by atoms with Gasteiger partial charge in [-0.05, 0) is 12.1 Å². The van der Waals surface area contributed by atoms with Gasteiger partial charge < -0.3 is 4.74 Å². The van der Waals surface area contributed by atoms with Crippen LogP contribution >= 0.6 is 0 Å². The highest BCUT2D eigenvalue weighted by atomic mass is 16.5. The topological polar surface area (TPSA) is 41.9 Å². The Hall–Kier alpha value is -2.06. The zero-order chi connectivity index (χ0) is 11.2. The summed E-state index contributed by atoms with van der Waals surface area (Å²) in [5.74, 6) is 2.68. The second kappa shape index (κ2) is 5.14. The molecular weight excluding hydrogens is 204 g/mol. The average Bonchev–Trinajstić information content (AvgIpc) is 2.78. The van der Waals surface area contributed by atoms with Gasteiger partial charge in [-0.3, -0.25) is 5.01 Å². The predicted molar refractivity (Wildman–Crippen MR) is 61.2 cm³/mol. The Bertz CT molecular complexity index is 422. The van der Waals surface area contributed by atoms with Gasteiger partial charge in [0, 0.05) is 0 Å². The Morgan fingerprint density at radius 3 is 2.88 bits per heavy atom. The van der Waals surface area contributed by atoms with Gasteiger partial charge in [0.25, 0.3) is 0 Å². The first-order valence-corrected chi connectivity index (χ1v) is 5.09. The summed E-state index contributed by atoms with van der Waals surface area (Å²) < 4.78 is 5.51. The van der Waals surface area contributed by atoms with Crippen molar-refractivity contribution in [2.24, 2.45) is 5.10 Å². The van der Waals surface area contributed by atoms with E-state index >= 15 is 0 Å². The number of rotatable bonds is 4. The third-order valence-electron chi connectivity index (χ3n) is 2.22. The highest BCUT2D eigenvalue weighted by Gasteiger charge is 2.10. The number of hydrogen-bond acceptors (Lipinski definition) is 4. The van der Waals surface area contributed by atoms with Crippen molar-refractivity contribution in [1.82, 2.24) is 5.01 Å². The Kier molecular flexibility index (Phi) is 3.36. The number of carbonyl (C=O) groups excluding carboxylic acids is 1. The molecule has 0 unspecified atom stereocenters. The summed E-state index contributed by atoms with van der Waals surface area (Å²) in [5.41, 5.74) is 0.583. The molecule has 1 aliphatic rings. The summed E-state index contributed by atoms with van der Waals surface area (Å²) >= 11 is 0. The quantitative estimate of drug-likeness (QED) is 0.708. The van der Waals surface area contributed by atoms with Crippen molar-refractivity contribution in [1.29, 1.82) is 0 Å². The molecule has 4 heteroatoms. The summed E-state index contributed by atoms with van der Waals surface area (Å²) in [5, 5.41) is 5.83. The van der Waals surface area contributed by atoms with E-state index < -0.39 is 0 Å². The van der Waals surface area contributed by atoms with E-state index in [4.69, 9.17) is 4.74 Å². The molecule has 0 bridgehead atoms. The van der Waals surface area contributed by atoms with Crippen molar-refractivity contribution in [3.63, 3.8) is 0 Å². The molecule has 4 nitrogen and oxygen atoms in total. The van der Waals surface area contributed by atoms with Gasteiger partial charge in [-0.2, -0.15) is 5.10 Å². The molecule has 0 saturated heterocycles. The van der Waals surface area contributed by atoms with Gasteiger partial charge in [-0.1, -0.05) is 18.2 Å². The van der Waals surface area contributed by atoms with E-state index in [9.17, 15) is 4.79 Å². The maximum atomic E-state index is 10.3. The average molecular weight is 216 g/mol. The van der Waals surface area contributed by atoms with Gasteiger partial charge in [-0.15, -0.1) is 0 Å². The highest BCUT2D eigenvalue weighted by molar-refractivity contribution is 5.90. The summed E-state index contributed by atoms with van der Waals surface area (Å²) in [7, 11) is 0. The Labute approximate surface area is 93.8 Å². The first kappa shape index (κ1) is 10.5. The molecule has 1 aliphatic heterocycles. The van der Waals surface area contributed by atoms with Crippen LogP contribution in [-0.4, -0.2) is 36.9 Å². The van der Waals surface area contributed by atoms with Crippen molar-refractivity contribution in [2.45, 2.75) is 0 Å². The van der Waals surface area contributed by atoms with Gasteiger partial charge in [0.1, 0.15) is 18.3 Å². The van der Waals surface area contributed by atoms with E-state index in [0.29, 0.717) is 25.3 Å². The lowest BCUT2D eigenvalue weighted by molar-refractivity contribution is 0.234. The zero-order valence-electron chi connectivity index (χ0n) is 8.80. The molecule has 1 aromatic rings. The maximum Gasteiger partial charge on any atom is 0.131 e. The largest absolute Gasteiger partial charge is 0.492 e. The molecule has 1 heterocycles. The lowest BCUT2D eigenvalue weighted by atomic mass is 10.3. The Balaban J connectivity index is 1.74. The molecule has 0 radical (unpaired) electrons. The van der Waals surface area contributed by atoms with Crippen LogP contribution in [0.1, 0.15) is 0 Å². The van der Waals surface area contributed by atoms with Crippen LogP contribution in [0.5, 0.6) is 5.75 Å². The van der Waals surface area contributed by atoms with Gasteiger partial charge >= 0.3 is 0 Å². The lowest BCUT2D eigenvalue weighted by Gasteiger charge is -2.13. The number of ether oxygens (including phenoxy) is 1. The normalized spacial score (nSPS) is 14.0. The minimum absolute atomic E-state index is 0.529. The number of benzene rings is 1. The highest BCUT2D eigenvalue weighted by Crippen LogP contribution is 2.09. The molecule has 0 N–H and O–H groups in total. The van der Waals surface area contributed by atoms with E-state index in [-0.39, 0.29) is 0 Å². The Morgan fingerprint density at radius 2 is 2.19 bits per heavy atom. The molecule has 2 rings (SSSR count). The molecule has 0 aliphatic carbocycles. The minimum atomic E-state index is 0.529. The number of nitrogens with zero attached hydrogens (tertiary/aromatic N) is 2. The number of para-hydroxylation sites is 1. The third-order valence-corrected chi connectivity index (χ3v) is 2.22. The standard InChI is InChI=1S/C12H12N2O2/c15-10-11-8-13-14(9-11)6-7-16-12-4-2-1-3-5-12/h1-5,8H,6-7,9H2. The molecule has 0 amide bonds. The third kappa shape index (κ3) is 2.72. The zero-order valence-corrected chi connectivity index (χ0v) is 8.80. The molecule has 0 aromatic heterocycles. The van der Waals surface area contributed by atoms with Crippen LogP contribution in [0.25, 0.3) is 0 Å². The van der Waals surface area contributed by atoms with Crippen molar-refractivity contribution in [3.05, 3.63) is 35.9 Å².